The van der Waals surface area contributed by atoms with Crippen LogP contribution >= 0.6 is 51.2 Å². The number of guanidine groups is 1. The van der Waals surface area contributed by atoms with Gasteiger partial charge in [-0.2, -0.15) is 0 Å². The number of thiophene rings is 1. The average Bonchev–Trinajstić information content (AvgIpc) is 3.15. The van der Waals surface area contributed by atoms with Crippen molar-refractivity contribution in [2.24, 2.45) is 4.99 Å². The maximum absolute atomic E-state index is 12.1. The first-order chi connectivity index (χ1) is 12.5. The molecule has 0 saturated heterocycles. The molecule has 1 aromatic heterocycles. The van der Waals surface area contributed by atoms with Gasteiger partial charge in [-0.15, -0.1) is 35.3 Å². The van der Waals surface area contributed by atoms with E-state index in [1.165, 1.54) is 4.88 Å². The van der Waals surface area contributed by atoms with Crippen molar-refractivity contribution >= 4 is 68.8 Å². The number of nitrogens with zero attached hydrogens (tertiary/aromatic N) is 1. The predicted molar refractivity (Wildman–Crippen MR) is 130 cm³/mol. The van der Waals surface area contributed by atoms with E-state index in [9.17, 15) is 4.79 Å². The van der Waals surface area contributed by atoms with E-state index in [0.29, 0.717) is 24.8 Å². The zero-order valence-electron chi connectivity index (χ0n) is 15.7. The van der Waals surface area contributed by atoms with Crippen LogP contribution in [0.25, 0.3) is 0 Å². The number of carbonyl (C=O) groups is 1. The number of halogens is 2. The van der Waals surface area contributed by atoms with E-state index in [0.717, 1.165) is 22.3 Å². The number of amides is 1. The van der Waals surface area contributed by atoms with Crippen molar-refractivity contribution in [3.63, 3.8) is 0 Å². The summed E-state index contributed by atoms with van der Waals surface area (Å²) in [4.78, 5) is 17.7. The molecule has 0 saturated carbocycles. The van der Waals surface area contributed by atoms with Crippen molar-refractivity contribution in [3.05, 3.63) is 50.6 Å². The molecule has 0 bridgehead atoms. The molecule has 0 aliphatic rings. The third kappa shape index (κ3) is 8.18. The summed E-state index contributed by atoms with van der Waals surface area (Å²) in [6, 6.07) is 10.0. The molecule has 2 aromatic rings. The van der Waals surface area contributed by atoms with Gasteiger partial charge in [-0.25, -0.2) is 0 Å². The second-order valence-corrected chi connectivity index (χ2v) is 7.95. The van der Waals surface area contributed by atoms with Crippen LogP contribution in [-0.4, -0.2) is 32.0 Å². The fourth-order valence-corrected chi connectivity index (χ4v) is 3.68. The predicted octanol–water partition coefficient (Wildman–Crippen LogP) is 4.73. The van der Waals surface area contributed by atoms with Gasteiger partial charge in [0.15, 0.2) is 5.96 Å². The summed E-state index contributed by atoms with van der Waals surface area (Å²) in [5.41, 5.74) is 1.87. The molecule has 5 nitrogen and oxygen atoms in total. The number of rotatable bonds is 7. The van der Waals surface area contributed by atoms with Crippen LogP contribution in [0.1, 0.15) is 29.7 Å². The Balaban J connectivity index is 0.00000364. The highest BCUT2D eigenvalue weighted by atomic mass is 127. The number of anilines is 1. The van der Waals surface area contributed by atoms with E-state index in [2.05, 4.69) is 61.3 Å². The second-order valence-electron chi connectivity index (χ2n) is 6.05. The van der Waals surface area contributed by atoms with Crippen LogP contribution in [0.3, 0.4) is 0 Å². The molecule has 27 heavy (non-hydrogen) atoms. The molecule has 0 fully saturated rings. The van der Waals surface area contributed by atoms with Crippen LogP contribution in [-0.2, 0) is 4.79 Å². The lowest BCUT2D eigenvalue weighted by Crippen LogP contribution is -2.40. The molecule has 1 unspecified atom stereocenters. The number of nitrogens with one attached hydrogen (secondary N) is 3. The minimum Gasteiger partial charge on any atom is -0.356 e. The monoisotopic (exact) mass is 564 g/mol. The number of hydrogen-bond acceptors (Lipinski definition) is 3. The normalized spacial score (nSPS) is 12.1. The van der Waals surface area contributed by atoms with E-state index in [1.54, 1.807) is 18.4 Å². The third-order valence-corrected chi connectivity index (χ3v) is 5.53. The van der Waals surface area contributed by atoms with Gasteiger partial charge in [-0.1, -0.05) is 28.9 Å². The maximum atomic E-state index is 12.1. The molecule has 148 valence electrons. The van der Waals surface area contributed by atoms with Crippen molar-refractivity contribution in [3.8, 4) is 0 Å². The van der Waals surface area contributed by atoms with Gasteiger partial charge < -0.3 is 16.0 Å². The van der Waals surface area contributed by atoms with Crippen molar-refractivity contribution in [1.82, 2.24) is 10.6 Å². The van der Waals surface area contributed by atoms with E-state index < -0.39 is 0 Å². The van der Waals surface area contributed by atoms with Crippen LogP contribution in [0.5, 0.6) is 0 Å². The number of benzene rings is 1. The average molecular weight is 565 g/mol. The molecule has 8 heteroatoms. The van der Waals surface area contributed by atoms with Gasteiger partial charge in [0.2, 0.25) is 5.91 Å². The number of carbonyl (C=O) groups excluding carboxylic acids is 1. The minimum atomic E-state index is -0.0228. The van der Waals surface area contributed by atoms with Crippen molar-refractivity contribution in [2.75, 3.05) is 25.5 Å². The highest BCUT2D eigenvalue weighted by Gasteiger charge is 2.09. The Labute approximate surface area is 190 Å². The summed E-state index contributed by atoms with van der Waals surface area (Å²) < 4.78 is 1.00. The summed E-state index contributed by atoms with van der Waals surface area (Å²) in [5, 5.41) is 11.5. The Morgan fingerprint density at radius 2 is 2.07 bits per heavy atom. The van der Waals surface area contributed by atoms with Gasteiger partial charge in [-0.05, 0) is 42.1 Å². The van der Waals surface area contributed by atoms with E-state index in [-0.39, 0.29) is 29.9 Å². The SMILES string of the molecule is CN=C(NCCC(=O)Nc1ccc(Br)cc1C)NCC(C)c1cccs1.I. The van der Waals surface area contributed by atoms with Crippen LogP contribution in [0.2, 0.25) is 0 Å². The third-order valence-electron chi connectivity index (χ3n) is 3.94. The number of aliphatic imine (C=N–C) groups is 1. The zero-order valence-corrected chi connectivity index (χ0v) is 20.4. The molecule has 0 spiro atoms. The Morgan fingerprint density at radius 1 is 1.30 bits per heavy atom. The molecular weight excluding hydrogens is 539 g/mol. The summed E-state index contributed by atoms with van der Waals surface area (Å²) >= 11 is 5.18. The molecular formula is C19H26BrIN4OS. The van der Waals surface area contributed by atoms with Gasteiger partial charge in [0.1, 0.15) is 0 Å². The highest BCUT2D eigenvalue weighted by molar-refractivity contribution is 14.0. The lowest BCUT2D eigenvalue weighted by molar-refractivity contribution is -0.116. The molecule has 0 radical (unpaired) electrons. The molecule has 0 aliphatic carbocycles. The first-order valence-electron chi connectivity index (χ1n) is 8.53. The van der Waals surface area contributed by atoms with Gasteiger partial charge in [0.05, 0.1) is 0 Å². The van der Waals surface area contributed by atoms with Gasteiger partial charge in [-0.3, -0.25) is 9.79 Å². The first-order valence-corrected chi connectivity index (χ1v) is 10.2. The first kappa shape index (κ1) is 23.9. The molecule has 0 aliphatic heterocycles. The van der Waals surface area contributed by atoms with Gasteiger partial charge in [0, 0.05) is 47.5 Å². The molecule has 3 N–H and O–H groups in total. The topological polar surface area (TPSA) is 65.5 Å². The minimum absolute atomic E-state index is 0. The molecule has 2 rings (SSSR count). The number of hydrogen-bond donors (Lipinski definition) is 3. The second kappa shape index (κ2) is 12.4. The van der Waals surface area contributed by atoms with Crippen molar-refractivity contribution < 1.29 is 4.79 Å². The van der Waals surface area contributed by atoms with Crippen LogP contribution < -0.4 is 16.0 Å². The van der Waals surface area contributed by atoms with E-state index in [1.807, 2.05) is 25.1 Å². The van der Waals surface area contributed by atoms with Crippen LogP contribution in [0.4, 0.5) is 5.69 Å². The smallest absolute Gasteiger partial charge is 0.226 e. The fourth-order valence-electron chi connectivity index (χ4n) is 2.42. The molecule has 1 aromatic carbocycles. The van der Waals surface area contributed by atoms with Gasteiger partial charge >= 0.3 is 0 Å². The largest absolute Gasteiger partial charge is 0.356 e. The van der Waals surface area contributed by atoms with Crippen molar-refractivity contribution in [2.45, 2.75) is 26.2 Å². The summed E-state index contributed by atoms with van der Waals surface area (Å²) in [7, 11) is 1.73. The number of aryl methyl sites for hydroxylation is 1. The quantitative estimate of drug-likeness (QED) is 0.259. The lowest BCUT2D eigenvalue weighted by atomic mass is 10.1. The van der Waals surface area contributed by atoms with E-state index in [4.69, 9.17) is 0 Å². The summed E-state index contributed by atoms with van der Waals surface area (Å²) in [5.74, 6) is 1.10. The summed E-state index contributed by atoms with van der Waals surface area (Å²) in [6.07, 6.45) is 0.372. The highest BCUT2D eigenvalue weighted by Crippen LogP contribution is 2.20. The van der Waals surface area contributed by atoms with Crippen LogP contribution in [0, 0.1) is 6.92 Å². The Hall–Kier alpha value is -1.13. The molecule has 1 atom stereocenters. The molecule has 1 heterocycles. The van der Waals surface area contributed by atoms with Gasteiger partial charge in [0.25, 0.3) is 0 Å². The lowest BCUT2D eigenvalue weighted by Gasteiger charge is -2.15. The zero-order chi connectivity index (χ0) is 18.9. The maximum Gasteiger partial charge on any atom is 0.226 e. The standard InChI is InChI=1S/C19H25BrN4OS.HI/c1-13-11-15(20)6-7-16(13)24-18(25)8-9-22-19(21-3)23-12-14(2)17-5-4-10-26-17;/h4-7,10-11,14H,8-9,12H2,1-3H3,(H,24,25)(H2,21,22,23);1H. The fraction of sp³-hybridized carbons (Fsp3) is 0.368. The molecule has 1 amide bonds. The van der Waals surface area contributed by atoms with E-state index >= 15 is 0 Å². The Bertz CT molecular complexity index is 752. The van der Waals surface area contributed by atoms with Crippen molar-refractivity contribution in [1.29, 1.82) is 0 Å². The van der Waals surface area contributed by atoms with Crippen LogP contribution in [0.15, 0.2) is 45.2 Å². The Kier molecular flexibility index (Phi) is 10.9. The summed E-state index contributed by atoms with van der Waals surface area (Å²) in [6.45, 7) is 5.47. The Morgan fingerprint density at radius 3 is 2.70 bits per heavy atom.